The lowest BCUT2D eigenvalue weighted by atomic mass is 9.99. The number of ether oxygens (including phenoxy) is 2. The van der Waals surface area contributed by atoms with E-state index in [1.165, 1.54) is 186 Å². The van der Waals surface area contributed by atoms with Gasteiger partial charge in [-0.05, 0) is 70.6 Å². The van der Waals surface area contributed by atoms with Crippen LogP contribution in [0.3, 0.4) is 0 Å². The maximum absolute atomic E-state index is 13.1. The van der Waals surface area contributed by atoms with Crippen LogP contribution in [0.15, 0.2) is 85.1 Å². The van der Waals surface area contributed by atoms with Gasteiger partial charge in [-0.1, -0.05) is 292 Å². The van der Waals surface area contributed by atoms with Gasteiger partial charge in [-0.3, -0.25) is 4.79 Å². The van der Waals surface area contributed by atoms with Crippen molar-refractivity contribution in [3.63, 3.8) is 0 Å². The maximum Gasteiger partial charge on any atom is 0.220 e. The third kappa shape index (κ3) is 45.8. The third-order valence-corrected chi connectivity index (χ3v) is 15.0. The number of amides is 1. The summed E-state index contributed by atoms with van der Waals surface area (Å²) in [6.07, 6.45) is 73.8. The molecule has 0 aromatic rings. The summed E-state index contributed by atoms with van der Waals surface area (Å²) >= 11 is 0. The number of carbonyl (C=O) groups excluding carboxylic acids is 1. The van der Waals surface area contributed by atoms with Crippen molar-refractivity contribution in [3.05, 3.63) is 85.1 Å². The van der Waals surface area contributed by atoms with E-state index in [0.29, 0.717) is 6.42 Å². The Hall–Kier alpha value is -2.63. The molecule has 7 unspecified atom stereocenters. The zero-order valence-corrected chi connectivity index (χ0v) is 49.7. The van der Waals surface area contributed by atoms with Crippen LogP contribution in [0, 0.1) is 0 Å². The van der Waals surface area contributed by atoms with E-state index in [-0.39, 0.29) is 12.5 Å². The molecule has 0 aromatic carbocycles. The van der Waals surface area contributed by atoms with Gasteiger partial charge < -0.3 is 40.3 Å². The zero-order valence-electron chi connectivity index (χ0n) is 49.7. The molecule has 77 heavy (non-hydrogen) atoms. The molecule has 0 saturated carbocycles. The molecule has 1 amide bonds. The average molecular weight is 1080 g/mol. The smallest absolute Gasteiger partial charge is 0.220 e. The highest BCUT2D eigenvalue weighted by Gasteiger charge is 2.44. The number of nitrogens with one attached hydrogen (secondary N) is 1. The number of aliphatic hydroxyl groups is 5. The molecule has 1 heterocycles. The second-order valence-corrected chi connectivity index (χ2v) is 22.2. The second kappa shape index (κ2) is 56.6. The molecule has 1 aliphatic rings. The lowest BCUT2D eigenvalue weighted by Gasteiger charge is -2.40. The first-order valence-corrected chi connectivity index (χ1v) is 32.3. The molecule has 1 saturated heterocycles. The van der Waals surface area contributed by atoms with Gasteiger partial charge in [0.2, 0.25) is 5.91 Å². The summed E-state index contributed by atoms with van der Waals surface area (Å²) < 4.78 is 11.3. The van der Waals surface area contributed by atoms with E-state index >= 15 is 0 Å². The van der Waals surface area contributed by atoms with Crippen molar-refractivity contribution < 1.29 is 39.8 Å². The summed E-state index contributed by atoms with van der Waals surface area (Å²) in [5.74, 6) is -0.175. The van der Waals surface area contributed by atoms with Crippen LogP contribution in [-0.4, -0.2) is 87.5 Å². The Balaban J connectivity index is 2.11. The molecule has 446 valence electrons. The summed E-state index contributed by atoms with van der Waals surface area (Å²) in [7, 11) is 0. The van der Waals surface area contributed by atoms with E-state index in [4.69, 9.17) is 9.47 Å². The van der Waals surface area contributed by atoms with Crippen LogP contribution in [0.25, 0.3) is 0 Å². The fourth-order valence-corrected chi connectivity index (χ4v) is 9.93. The van der Waals surface area contributed by atoms with Crippen molar-refractivity contribution in [2.45, 2.75) is 326 Å². The molecule has 9 heteroatoms. The van der Waals surface area contributed by atoms with E-state index in [2.05, 4.69) is 92.1 Å². The van der Waals surface area contributed by atoms with Crippen molar-refractivity contribution in [1.29, 1.82) is 0 Å². The fourth-order valence-electron chi connectivity index (χ4n) is 9.93. The van der Waals surface area contributed by atoms with Gasteiger partial charge in [-0.2, -0.15) is 0 Å². The molecule has 1 aliphatic heterocycles. The average Bonchev–Trinajstić information content (AvgIpc) is 3.43. The molecule has 0 aliphatic carbocycles. The molecule has 0 spiro atoms. The lowest BCUT2D eigenvalue weighted by Crippen LogP contribution is -2.60. The normalized spacial score (nSPS) is 19.3. The van der Waals surface area contributed by atoms with Crippen molar-refractivity contribution in [2.75, 3.05) is 13.2 Å². The Labute approximate surface area is 473 Å². The highest BCUT2D eigenvalue weighted by atomic mass is 16.7. The molecular weight excluding hydrogens is 959 g/mol. The molecule has 0 aromatic heterocycles. The van der Waals surface area contributed by atoms with Crippen LogP contribution in [0.1, 0.15) is 284 Å². The summed E-state index contributed by atoms with van der Waals surface area (Å²) in [4.78, 5) is 13.1. The van der Waals surface area contributed by atoms with E-state index in [9.17, 15) is 30.3 Å². The number of rotatable bonds is 55. The number of hydrogen-bond acceptors (Lipinski definition) is 8. The molecule has 7 atom stereocenters. The Bertz CT molecular complexity index is 1490. The number of unbranched alkanes of at least 4 members (excludes halogenated alkanes) is 33. The Morgan fingerprint density at radius 1 is 0.455 bits per heavy atom. The molecular formula is C68H121NO8. The molecule has 0 bridgehead atoms. The van der Waals surface area contributed by atoms with Gasteiger partial charge in [0.25, 0.3) is 0 Å². The Morgan fingerprint density at radius 3 is 1.19 bits per heavy atom. The van der Waals surface area contributed by atoms with E-state index in [1.54, 1.807) is 6.08 Å². The molecule has 6 N–H and O–H groups in total. The monoisotopic (exact) mass is 1080 g/mol. The Morgan fingerprint density at radius 2 is 0.805 bits per heavy atom. The number of carbonyl (C=O) groups is 1. The minimum atomic E-state index is -1.57. The van der Waals surface area contributed by atoms with Gasteiger partial charge >= 0.3 is 0 Å². The van der Waals surface area contributed by atoms with Crippen molar-refractivity contribution >= 4 is 5.91 Å². The van der Waals surface area contributed by atoms with Crippen molar-refractivity contribution in [2.24, 2.45) is 0 Å². The van der Waals surface area contributed by atoms with Gasteiger partial charge in [-0.25, -0.2) is 0 Å². The first-order chi connectivity index (χ1) is 37.8. The van der Waals surface area contributed by atoms with Gasteiger partial charge in [-0.15, -0.1) is 0 Å². The predicted molar refractivity (Wildman–Crippen MR) is 327 cm³/mol. The summed E-state index contributed by atoms with van der Waals surface area (Å²) in [5.41, 5.74) is 0. The number of aliphatic hydroxyl groups excluding tert-OH is 5. The van der Waals surface area contributed by atoms with Crippen LogP contribution in [0.2, 0.25) is 0 Å². The zero-order chi connectivity index (χ0) is 55.8. The van der Waals surface area contributed by atoms with Crippen molar-refractivity contribution in [1.82, 2.24) is 5.32 Å². The molecule has 1 fully saturated rings. The number of allylic oxidation sites excluding steroid dienone is 13. The minimum absolute atomic E-state index is 0.175. The van der Waals surface area contributed by atoms with Gasteiger partial charge in [0, 0.05) is 6.42 Å². The Kier molecular flexibility index (Phi) is 53.2. The predicted octanol–water partition coefficient (Wildman–Crippen LogP) is 17.0. The van der Waals surface area contributed by atoms with Gasteiger partial charge in [0.05, 0.1) is 25.4 Å². The fraction of sp³-hybridized carbons (Fsp3) is 0.779. The van der Waals surface area contributed by atoms with E-state index in [1.807, 2.05) is 6.08 Å². The quantitative estimate of drug-likeness (QED) is 0.0261. The summed E-state index contributed by atoms with van der Waals surface area (Å²) in [6.45, 7) is 3.68. The summed E-state index contributed by atoms with van der Waals surface area (Å²) in [6, 6.07) is -0.807. The minimum Gasteiger partial charge on any atom is -0.394 e. The third-order valence-electron chi connectivity index (χ3n) is 15.0. The first kappa shape index (κ1) is 72.4. The largest absolute Gasteiger partial charge is 0.394 e. The van der Waals surface area contributed by atoms with Crippen LogP contribution in [0.5, 0.6) is 0 Å². The van der Waals surface area contributed by atoms with E-state index < -0.39 is 49.5 Å². The van der Waals surface area contributed by atoms with Crippen LogP contribution in [0.4, 0.5) is 0 Å². The highest BCUT2D eigenvalue weighted by molar-refractivity contribution is 5.76. The lowest BCUT2D eigenvalue weighted by molar-refractivity contribution is -0.302. The van der Waals surface area contributed by atoms with Gasteiger partial charge in [0.15, 0.2) is 6.29 Å². The second-order valence-electron chi connectivity index (χ2n) is 22.2. The van der Waals surface area contributed by atoms with Crippen molar-refractivity contribution in [3.8, 4) is 0 Å². The van der Waals surface area contributed by atoms with Gasteiger partial charge in [0.1, 0.15) is 24.4 Å². The topological polar surface area (TPSA) is 149 Å². The highest BCUT2D eigenvalue weighted by Crippen LogP contribution is 2.23. The molecule has 0 radical (unpaired) electrons. The maximum atomic E-state index is 13.1. The number of hydrogen-bond donors (Lipinski definition) is 6. The molecule has 9 nitrogen and oxygen atoms in total. The first-order valence-electron chi connectivity index (χ1n) is 32.3. The SMILES string of the molecule is CC/C=C\C/C=C\C/C=C\C/C=C\C/C=C\C/C=C\CCCCCCCCCCCCCCCCCCCCC(=O)NC(COC1OC(CO)C(O)C(O)C1O)C(O)/C=C/CCCCCCCCCCCCCCCCC. The van der Waals surface area contributed by atoms with E-state index in [0.717, 1.165) is 77.0 Å². The van der Waals surface area contributed by atoms with Crippen LogP contribution < -0.4 is 5.32 Å². The molecule has 1 rings (SSSR count). The van der Waals surface area contributed by atoms with Crippen LogP contribution >= 0.6 is 0 Å². The summed E-state index contributed by atoms with van der Waals surface area (Å²) in [5, 5.41) is 54.6. The standard InChI is InChI=1S/C68H121NO8/c1-3-5-7-9-11-13-15-17-19-21-22-23-24-25-26-27-28-29-30-31-32-33-34-35-36-37-38-39-40-42-44-46-48-50-52-54-56-58-64(72)69-61(60-76-68-67(75)66(74)65(73)63(59-70)77-68)62(71)57-55-53-51-49-47-45-43-41-20-18-16-14-12-10-8-6-4-2/h5,7,11,13,17,19,22-23,25-26,28-29,55,57,61-63,65-68,70-71,73-75H,3-4,6,8-10,12,14-16,18,20-21,24,27,30-54,56,58-60H2,1-2H3,(H,69,72)/b7-5-,13-11-,19-17-,23-22-,26-25-,29-28-,57-55+. The van der Waals surface area contributed by atoms with Crippen LogP contribution in [-0.2, 0) is 14.3 Å².